The first-order chi connectivity index (χ1) is 8.09. The minimum atomic E-state index is 0. The van der Waals surface area contributed by atoms with E-state index in [0.717, 1.165) is 18.7 Å². The lowest BCUT2D eigenvalue weighted by Gasteiger charge is -2.40. The van der Waals surface area contributed by atoms with Gasteiger partial charge in [0.05, 0.1) is 12.4 Å². The molecule has 1 saturated heterocycles. The fraction of sp³-hybridized carbons (Fsp3) is 0.769. The smallest absolute Gasteiger partial charge is 0.242 e. The van der Waals surface area contributed by atoms with E-state index in [4.69, 9.17) is 0 Å². The van der Waals surface area contributed by atoms with Crippen molar-refractivity contribution in [2.24, 2.45) is 0 Å². The van der Waals surface area contributed by atoms with Crippen molar-refractivity contribution in [3.05, 3.63) is 11.1 Å². The predicted octanol–water partition coefficient (Wildman–Crippen LogP) is 3.07. The summed E-state index contributed by atoms with van der Waals surface area (Å²) in [7, 11) is 0. The highest BCUT2D eigenvalue weighted by atomic mass is 35.5. The van der Waals surface area contributed by atoms with Crippen LogP contribution in [0.15, 0.2) is 11.1 Å². The van der Waals surface area contributed by atoms with Crippen molar-refractivity contribution in [1.82, 2.24) is 9.80 Å². The summed E-state index contributed by atoms with van der Waals surface area (Å²) in [6.45, 7) is 6.98. The van der Waals surface area contributed by atoms with Crippen LogP contribution in [0.2, 0.25) is 0 Å². The van der Waals surface area contributed by atoms with Crippen LogP contribution in [0, 0.1) is 0 Å². The average molecular weight is 291 g/mol. The molecule has 18 heavy (non-hydrogen) atoms. The molecule has 0 bridgehead atoms. The predicted molar refractivity (Wildman–Crippen MR) is 79.8 cm³/mol. The number of likely N-dealkylation sites (tertiary alicyclic amines) is 1. The van der Waals surface area contributed by atoms with E-state index in [0.29, 0.717) is 24.5 Å². The summed E-state index contributed by atoms with van der Waals surface area (Å²) in [4.78, 5) is 16.6. The van der Waals surface area contributed by atoms with Crippen molar-refractivity contribution in [1.29, 1.82) is 0 Å². The van der Waals surface area contributed by atoms with Gasteiger partial charge in [-0.3, -0.25) is 4.79 Å². The van der Waals surface area contributed by atoms with Crippen LogP contribution in [0.3, 0.4) is 0 Å². The summed E-state index contributed by atoms with van der Waals surface area (Å²) in [5, 5.41) is 2.14. The molecule has 1 fully saturated rings. The molecule has 2 heterocycles. The van der Waals surface area contributed by atoms with Crippen LogP contribution in [0.5, 0.6) is 0 Å². The van der Waals surface area contributed by atoms with Gasteiger partial charge in [-0.15, -0.1) is 24.2 Å². The van der Waals surface area contributed by atoms with E-state index >= 15 is 0 Å². The van der Waals surface area contributed by atoms with Gasteiger partial charge in [0, 0.05) is 17.8 Å². The van der Waals surface area contributed by atoms with Gasteiger partial charge in [-0.05, 0) is 45.4 Å². The number of piperidine rings is 1. The third kappa shape index (κ3) is 3.35. The van der Waals surface area contributed by atoms with Gasteiger partial charge in [0.2, 0.25) is 5.91 Å². The minimum absolute atomic E-state index is 0. The van der Waals surface area contributed by atoms with Crippen LogP contribution < -0.4 is 0 Å². The van der Waals surface area contributed by atoms with Crippen molar-refractivity contribution in [2.75, 3.05) is 12.4 Å². The van der Waals surface area contributed by atoms with Gasteiger partial charge in [-0.1, -0.05) is 0 Å². The molecule has 2 aliphatic rings. The van der Waals surface area contributed by atoms with Crippen LogP contribution in [-0.4, -0.2) is 40.2 Å². The Labute approximate surface area is 120 Å². The van der Waals surface area contributed by atoms with Crippen LogP contribution in [0.4, 0.5) is 0 Å². The molecule has 0 saturated carbocycles. The molecule has 104 valence electrons. The topological polar surface area (TPSA) is 23.6 Å². The largest absolute Gasteiger partial charge is 0.356 e. The summed E-state index contributed by atoms with van der Waals surface area (Å²) in [5.41, 5.74) is 1.22. The number of amides is 1. The molecule has 1 amide bonds. The standard InChI is InChI=1S/C13H22N2OS.ClH/c1-10-5-4-6-11(2)15(10)13(16)7-14-9-17-8-12(14)3;/h8,10-11H,4-7,9H2,1-3H3;1H. The van der Waals surface area contributed by atoms with E-state index < -0.39 is 0 Å². The van der Waals surface area contributed by atoms with Gasteiger partial charge in [0.1, 0.15) is 0 Å². The summed E-state index contributed by atoms with van der Waals surface area (Å²) in [6.07, 6.45) is 3.56. The molecule has 0 aromatic carbocycles. The van der Waals surface area contributed by atoms with E-state index in [1.54, 1.807) is 11.8 Å². The van der Waals surface area contributed by atoms with Gasteiger partial charge in [0.15, 0.2) is 0 Å². The fourth-order valence-electron chi connectivity index (χ4n) is 2.75. The molecule has 0 aromatic heterocycles. The highest BCUT2D eigenvalue weighted by molar-refractivity contribution is 8.02. The van der Waals surface area contributed by atoms with E-state index in [1.807, 2.05) is 0 Å². The number of halogens is 1. The van der Waals surface area contributed by atoms with E-state index in [2.05, 4.69) is 36.0 Å². The molecule has 3 nitrogen and oxygen atoms in total. The second kappa shape index (κ2) is 6.71. The maximum Gasteiger partial charge on any atom is 0.242 e. The minimum Gasteiger partial charge on any atom is -0.356 e. The molecule has 0 spiro atoms. The summed E-state index contributed by atoms with van der Waals surface area (Å²) in [6, 6.07) is 0.816. The first kappa shape index (κ1) is 15.7. The first-order valence-electron chi connectivity index (χ1n) is 6.44. The van der Waals surface area contributed by atoms with Gasteiger partial charge in [-0.25, -0.2) is 0 Å². The van der Waals surface area contributed by atoms with Crippen LogP contribution in [0.1, 0.15) is 40.0 Å². The molecule has 5 heteroatoms. The van der Waals surface area contributed by atoms with Gasteiger partial charge >= 0.3 is 0 Å². The molecule has 0 radical (unpaired) electrons. The van der Waals surface area contributed by atoms with Crippen LogP contribution in [-0.2, 0) is 4.79 Å². The Hall–Kier alpha value is -0.350. The number of carbonyl (C=O) groups excluding carboxylic acids is 1. The molecular weight excluding hydrogens is 268 g/mol. The summed E-state index contributed by atoms with van der Waals surface area (Å²) < 4.78 is 0. The van der Waals surface area contributed by atoms with Crippen molar-refractivity contribution in [2.45, 2.75) is 52.1 Å². The van der Waals surface area contributed by atoms with Crippen LogP contribution in [0.25, 0.3) is 0 Å². The molecule has 0 aliphatic carbocycles. The Bertz CT molecular complexity index is 325. The van der Waals surface area contributed by atoms with E-state index in [9.17, 15) is 4.79 Å². The van der Waals surface area contributed by atoms with Crippen molar-refractivity contribution < 1.29 is 4.79 Å². The number of thioether (sulfide) groups is 1. The first-order valence-corrected chi connectivity index (χ1v) is 7.49. The molecule has 2 unspecified atom stereocenters. The van der Waals surface area contributed by atoms with Gasteiger partial charge in [0.25, 0.3) is 0 Å². The quantitative estimate of drug-likeness (QED) is 0.781. The molecule has 0 aromatic rings. The summed E-state index contributed by atoms with van der Waals surface area (Å²) >= 11 is 1.77. The third-order valence-electron chi connectivity index (χ3n) is 3.79. The van der Waals surface area contributed by atoms with Crippen molar-refractivity contribution in [3.8, 4) is 0 Å². The molecular formula is C13H23ClN2OS. The van der Waals surface area contributed by atoms with E-state index in [1.165, 1.54) is 12.1 Å². The van der Waals surface area contributed by atoms with E-state index in [-0.39, 0.29) is 12.4 Å². The number of hydrogen-bond acceptors (Lipinski definition) is 3. The summed E-state index contributed by atoms with van der Waals surface area (Å²) in [5.74, 6) is 1.22. The lowest BCUT2D eigenvalue weighted by molar-refractivity contribution is -0.137. The molecule has 2 aliphatic heterocycles. The van der Waals surface area contributed by atoms with Crippen molar-refractivity contribution >= 4 is 30.1 Å². The normalized spacial score (nSPS) is 27.8. The monoisotopic (exact) mass is 290 g/mol. The number of allylic oxidation sites excluding steroid dienone is 1. The SMILES string of the molecule is CC1=CSCN1CC(=O)N1C(C)CCCC1C.Cl. The zero-order chi connectivity index (χ0) is 12.4. The fourth-order valence-corrected chi connectivity index (χ4v) is 3.69. The Balaban J connectivity index is 0.00000162. The Kier molecular flexibility index (Phi) is 5.86. The molecule has 2 atom stereocenters. The third-order valence-corrected chi connectivity index (χ3v) is 4.76. The zero-order valence-corrected chi connectivity index (χ0v) is 13.0. The molecule has 0 N–H and O–H groups in total. The number of rotatable bonds is 2. The molecule has 2 rings (SSSR count). The highest BCUT2D eigenvalue weighted by Crippen LogP contribution is 2.25. The number of hydrogen-bond donors (Lipinski definition) is 0. The lowest BCUT2D eigenvalue weighted by Crippen LogP contribution is -2.50. The van der Waals surface area contributed by atoms with Gasteiger partial charge in [-0.2, -0.15) is 0 Å². The highest BCUT2D eigenvalue weighted by Gasteiger charge is 2.30. The van der Waals surface area contributed by atoms with Crippen LogP contribution >= 0.6 is 24.2 Å². The Morgan fingerprint density at radius 3 is 2.50 bits per heavy atom. The number of carbonyl (C=O) groups is 1. The average Bonchev–Trinajstić information content (AvgIpc) is 2.64. The Morgan fingerprint density at radius 1 is 1.39 bits per heavy atom. The van der Waals surface area contributed by atoms with Crippen molar-refractivity contribution in [3.63, 3.8) is 0 Å². The van der Waals surface area contributed by atoms with Gasteiger partial charge < -0.3 is 9.80 Å². The second-order valence-corrected chi connectivity index (χ2v) is 6.01. The number of nitrogens with zero attached hydrogens (tertiary/aromatic N) is 2. The Morgan fingerprint density at radius 2 is 2.00 bits per heavy atom. The maximum absolute atomic E-state index is 12.4. The lowest BCUT2D eigenvalue weighted by atomic mass is 9.97. The zero-order valence-electron chi connectivity index (χ0n) is 11.4. The second-order valence-electron chi connectivity index (χ2n) is 5.18. The maximum atomic E-state index is 12.4.